The minimum atomic E-state index is -0.982. The molecule has 0 spiro atoms. The van der Waals surface area contributed by atoms with Gasteiger partial charge in [0, 0.05) is 25.4 Å². The zero-order valence-corrected chi connectivity index (χ0v) is 10.1. The molecule has 1 heterocycles. The van der Waals surface area contributed by atoms with Crippen molar-refractivity contribution in [2.75, 3.05) is 6.54 Å². The lowest BCUT2D eigenvalue weighted by Crippen LogP contribution is -2.36. The number of aliphatic carboxylic acids is 1. The molecule has 1 fully saturated rings. The Morgan fingerprint density at radius 3 is 2.83 bits per heavy atom. The fourth-order valence-corrected chi connectivity index (χ4v) is 1.72. The smallest absolute Gasteiger partial charge is 0.323 e. The van der Waals surface area contributed by atoms with Crippen molar-refractivity contribution in [1.82, 2.24) is 14.7 Å². The molecule has 1 saturated carbocycles. The average Bonchev–Trinajstić information content (AvgIpc) is 3.07. The molecule has 1 N–H and O–H groups in total. The number of carboxylic acids is 1. The van der Waals surface area contributed by atoms with E-state index in [1.165, 1.54) is 11.0 Å². The number of hydrogen-bond donors (Lipinski definition) is 1. The van der Waals surface area contributed by atoms with Gasteiger partial charge in [0.15, 0.2) is 0 Å². The molecule has 0 bridgehead atoms. The van der Waals surface area contributed by atoms with Gasteiger partial charge in [0.2, 0.25) is 5.91 Å². The molecule has 1 aromatic heterocycles. The van der Waals surface area contributed by atoms with E-state index in [1.807, 2.05) is 0 Å². The highest BCUT2D eigenvalue weighted by molar-refractivity contribution is 5.93. The van der Waals surface area contributed by atoms with E-state index in [0.717, 1.165) is 18.5 Å². The van der Waals surface area contributed by atoms with Gasteiger partial charge < -0.3 is 10.0 Å². The summed E-state index contributed by atoms with van der Waals surface area (Å²) in [6.07, 6.45) is 6.46. The lowest BCUT2D eigenvalue weighted by Gasteiger charge is -2.17. The maximum absolute atomic E-state index is 11.9. The third kappa shape index (κ3) is 2.97. The molecule has 1 aromatic rings. The largest absolute Gasteiger partial charge is 0.480 e. The lowest BCUT2D eigenvalue weighted by atomic mass is 10.3. The summed E-state index contributed by atoms with van der Waals surface area (Å²) in [7, 11) is 1.78. The van der Waals surface area contributed by atoms with Crippen LogP contribution in [0.15, 0.2) is 18.3 Å². The van der Waals surface area contributed by atoms with Crippen LogP contribution in [0.2, 0.25) is 0 Å². The molecular weight excluding hydrogens is 234 g/mol. The highest BCUT2D eigenvalue weighted by Crippen LogP contribution is 2.26. The zero-order valence-electron chi connectivity index (χ0n) is 10.1. The predicted octanol–water partition coefficient (Wildman–Crippen LogP) is 0.509. The van der Waals surface area contributed by atoms with Gasteiger partial charge in [-0.05, 0) is 25.0 Å². The number of carbonyl (C=O) groups excluding carboxylic acids is 1. The van der Waals surface area contributed by atoms with Crippen LogP contribution < -0.4 is 0 Å². The van der Waals surface area contributed by atoms with E-state index in [-0.39, 0.29) is 18.5 Å². The van der Waals surface area contributed by atoms with Gasteiger partial charge in [0.1, 0.15) is 6.54 Å². The Morgan fingerprint density at radius 2 is 2.33 bits per heavy atom. The Morgan fingerprint density at radius 1 is 1.61 bits per heavy atom. The molecule has 2 rings (SSSR count). The molecule has 0 unspecified atom stereocenters. The second-order valence-electron chi connectivity index (χ2n) is 4.30. The molecule has 18 heavy (non-hydrogen) atoms. The van der Waals surface area contributed by atoms with Gasteiger partial charge in [0.05, 0.1) is 5.69 Å². The molecule has 0 saturated heterocycles. The van der Waals surface area contributed by atoms with Crippen molar-refractivity contribution in [3.8, 4) is 0 Å². The Hall–Kier alpha value is -2.11. The van der Waals surface area contributed by atoms with Gasteiger partial charge in [-0.15, -0.1) is 0 Å². The molecule has 6 nitrogen and oxygen atoms in total. The molecule has 1 aliphatic rings. The van der Waals surface area contributed by atoms with E-state index in [1.54, 1.807) is 30.1 Å². The van der Waals surface area contributed by atoms with Crippen LogP contribution in [0, 0.1) is 0 Å². The summed E-state index contributed by atoms with van der Waals surface area (Å²) in [6.45, 7) is -0.237. The van der Waals surface area contributed by atoms with Crippen LogP contribution >= 0.6 is 0 Å². The summed E-state index contributed by atoms with van der Waals surface area (Å²) >= 11 is 0. The van der Waals surface area contributed by atoms with Crippen LogP contribution in [-0.2, 0) is 16.6 Å². The fraction of sp³-hybridized carbons (Fsp3) is 0.417. The van der Waals surface area contributed by atoms with Gasteiger partial charge in [-0.3, -0.25) is 14.3 Å². The Bertz CT molecular complexity index is 489. The van der Waals surface area contributed by atoms with Gasteiger partial charge in [-0.2, -0.15) is 5.10 Å². The fourth-order valence-electron chi connectivity index (χ4n) is 1.72. The number of aromatic nitrogens is 2. The van der Waals surface area contributed by atoms with E-state index in [4.69, 9.17) is 5.11 Å². The summed E-state index contributed by atoms with van der Waals surface area (Å²) in [5, 5.41) is 12.8. The van der Waals surface area contributed by atoms with Crippen molar-refractivity contribution in [2.24, 2.45) is 7.05 Å². The molecule has 0 aromatic carbocycles. The number of carboxylic acid groups (broad SMARTS) is 1. The van der Waals surface area contributed by atoms with Crippen molar-refractivity contribution in [2.45, 2.75) is 18.9 Å². The number of rotatable bonds is 5. The Kier molecular flexibility index (Phi) is 3.45. The summed E-state index contributed by atoms with van der Waals surface area (Å²) in [4.78, 5) is 24.0. The van der Waals surface area contributed by atoms with E-state index < -0.39 is 5.97 Å². The zero-order chi connectivity index (χ0) is 13.1. The molecular formula is C12H15N3O3. The molecule has 1 aliphatic carbocycles. The number of carbonyl (C=O) groups is 2. The van der Waals surface area contributed by atoms with E-state index in [0.29, 0.717) is 0 Å². The van der Waals surface area contributed by atoms with E-state index >= 15 is 0 Å². The predicted molar refractivity (Wildman–Crippen MR) is 64.6 cm³/mol. The van der Waals surface area contributed by atoms with Crippen LogP contribution in [0.5, 0.6) is 0 Å². The van der Waals surface area contributed by atoms with Crippen LogP contribution in [0.25, 0.3) is 6.08 Å². The van der Waals surface area contributed by atoms with Crippen LogP contribution in [0.1, 0.15) is 18.5 Å². The van der Waals surface area contributed by atoms with Crippen molar-refractivity contribution in [1.29, 1.82) is 0 Å². The minimum absolute atomic E-state index is 0.0878. The third-order valence-corrected chi connectivity index (χ3v) is 2.83. The number of amides is 1. The second kappa shape index (κ2) is 5.03. The van der Waals surface area contributed by atoms with E-state index in [2.05, 4.69) is 5.10 Å². The number of nitrogens with zero attached hydrogens (tertiary/aromatic N) is 3. The van der Waals surface area contributed by atoms with Gasteiger partial charge >= 0.3 is 5.97 Å². The lowest BCUT2D eigenvalue weighted by molar-refractivity contribution is -0.143. The maximum atomic E-state index is 11.9. The van der Waals surface area contributed by atoms with E-state index in [9.17, 15) is 9.59 Å². The second-order valence-corrected chi connectivity index (χ2v) is 4.30. The normalized spacial score (nSPS) is 14.9. The number of hydrogen-bond acceptors (Lipinski definition) is 3. The molecule has 0 aliphatic heterocycles. The standard InChI is InChI=1S/C12H15N3O3/c1-14-9(6-7-13-14)4-5-11(16)15(8-12(17)18)10-2-3-10/h4-7,10H,2-3,8H2,1H3,(H,17,18). The van der Waals surface area contributed by atoms with Gasteiger partial charge in [-0.1, -0.05) is 0 Å². The average molecular weight is 249 g/mol. The third-order valence-electron chi connectivity index (χ3n) is 2.83. The first-order chi connectivity index (χ1) is 8.58. The number of aryl methyl sites for hydroxylation is 1. The SMILES string of the molecule is Cn1nccc1C=CC(=O)N(CC(=O)O)C1CC1. The first-order valence-electron chi connectivity index (χ1n) is 5.76. The summed E-state index contributed by atoms with van der Waals surface area (Å²) in [6, 6.07) is 1.87. The Labute approximate surface area is 105 Å². The summed E-state index contributed by atoms with van der Waals surface area (Å²) in [5.74, 6) is -1.25. The highest BCUT2D eigenvalue weighted by atomic mass is 16.4. The van der Waals surface area contributed by atoms with Crippen molar-refractivity contribution >= 4 is 18.0 Å². The monoisotopic (exact) mass is 249 g/mol. The van der Waals surface area contributed by atoms with Crippen molar-refractivity contribution in [3.05, 3.63) is 24.0 Å². The molecule has 0 atom stereocenters. The van der Waals surface area contributed by atoms with Crippen LogP contribution in [0.4, 0.5) is 0 Å². The van der Waals surface area contributed by atoms with Gasteiger partial charge in [-0.25, -0.2) is 0 Å². The highest BCUT2D eigenvalue weighted by Gasteiger charge is 2.32. The van der Waals surface area contributed by atoms with Crippen molar-refractivity contribution < 1.29 is 14.7 Å². The minimum Gasteiger partial charge on any atom is -0.480 e. The summed E-state index contributed by atoms with van der Waals surface area (Å²) < 4.78 is 1.64. The first-order valence-corrected chi connectivity index (χ1v) is 5.76. The van der Waals surface area contributed by atoms with Gasteiger partial charge in [0.25, 0.3) is 0 Å². The molecule has 6 heteroatoms. The van der Waals surface area contributed by atoms with Crippen LogP contribution in [-0.4, -0.2) is 44.3 Å². The van der Waals surface area contributed by atoms with Crippen molar-refractivity contribution in [3.63, 3.8) is 0 Å². The topological polar surface area (TPSA) is 75.4 Å². The molecule has 1 amide bonds. The first kappa shape index (κ1) is 12.3. The Balaban J connectivity index is 2.03. The van der Waals surface area contributed by atoms with Crippen LogP contribution in [0.3, 0.4) is 0 Å². The quantitative estimate of drug-likeness (QED) is 0.771. The molecule has 0 radical (unpaired) electrons. The summed E-state index contributed by atoms with van der Waals surface area (Å²) in [5.41, 5.74) is 0.800. The molecule has 96 valence electrons. The maximum Gasteiger partial charge on any atom is 0.323 e.